The van der Waals surface area contributed by atoms with Crippen LogP contribution < -0.4 is 27.4 Å². The van der Waals surface area contributed by atoms with Crippen molar-refractivity contribution in [2.75, 3.05) is 6.54 Å². The molecular formula is C21H37N5O9. The molecule has 0 aliphatic heterocycles. The lowest BCUT2D eigenvalue weighted by Crippen LogP contribution is -2.58. The van der Waals surface area contributed by atoms with Gasteiger partial charge in [0.05, 0.1) is 12.5 Å². The van der Waals surface area contributed by atoms with Gasteiger partial charge in [0, 0.05) is 6.42 Å². The zero-order chi connectivity index (χ0) is 27.1. The number of carbonyl (C=O) groups excluding carboxylic acids is 3. The van der Waals surface area contributed by atoms with Crippen molar-refractivity contribution >= 4 is 35.6 Å². The molecule has 0 fully saturated rings. The van der Waals surface area contributed by atoms with Gasteiger partial charge in [0.2, 0.25) is 17.7 Å². The third-order valence-corrected chi connectivity index (χ3v) is 5.41. The molecule has 35 heavy (non-hydrogen) atoms. The molecule has 14 heteroatoms. The topological polar surface area (TPSA) is 251 Å². The summed E-state index contributed by atoms with van der Waals surface area (Å²) in [5.74, 6) is -6.93. The monoisotopic (exact) mass is 503 g/mol. The lowest BCUT2D eigenvalue weighted by Gasteiger charge is -2.25. The highest BCUT2D eigenvalue weighted by molar-refractivity contribution is 5.95. The molecule has 200 valence electrons. The van der Waals surface area contributed by atoms with Crippen LogP contribution in [-0.2, 0) is 28.8 Å². The number of unbranched alkanes of at least 4 members (excludes halogenated alkanes) is 1. The molecule has 0 aromatic carbocycles. The van der Waals surface area contributed by atoms with Gasteiger partial charge in [-0.1, -0.05) is 20.3 Å². The molecule has 0 saturated carbocycles. The summed E-state index contributed by atoms with van der Waals surface area (Å²) < 4.78 is 0. The Morgan fingerprint density at radius 2 is 1.31 bits per heavy atom. The third kappa shape index (κ3) is 12.7. The number of carboxylic acids is 3. The van der Waals surface area contributed by atoms with Crippen LogP contribution in [0.2, 0.25) is 0 Å². The van der Waals surface area contributed by atoms with Gasteiger partial charge in [-0.15, -0.1) is 0 Å². The molecule has 10 N–H and O–H groups in total. The van der Waals surface area contributed by atoms with Gasteiger partial charge in [-0.2, -0.15) is 0 Å². The molecule has 0 aliphatic rings. The van der Waals surface area contributed by atoms with E-state index in [-0.39, 0.29) is 18.8 Å². The van der Waals surface area contributed by atoms with Crippen LogP contribution in [0.1, 0.15) is 58.8 Å². The minimum Gasteiger partial charge on any atom is -0.481 e. The van der Waals surface area contributed by atoms with E-state index in [0.717, 1.165) is 0 Å². The van der Waals surface area contributed by atoms with Crippen molar-refractivity contribution in [2.45, 2.75) is 83.0 Å². The van der Waals surface area contributed by atoms with Gasteiger partial charge in [-0.25, -0.2) is 4.79 Å². The Hall–Kier alpha value is -3.26. The van der Waals surface area contributed by atoms with Crippen LogP contribution in [-0.4, -0.2) is 81.7 Å². The molecule has 5 atom stereocenters. The van der Waals surface area contributed by atoms with Crippen LogP contribution in [0.5, 0.6) is 0 Å². The van der Waals surface area contributed by atoms with Crippen molar-refractivity contribution in [3.8, 4) is 0 Å². The first-order chi connectivity index (χ1) is 16.3. The lowest BCUT2D eigenvalue weighted by atomic mass is 9.99. The SMILES string of the molecule is CCC(C)C(N)C(=O)NC(CC(=O)O)C(=O)NC(CCCCN)C(=O)NC(CCC(=O)O)C(=O)O. The number of nitrogens with one attached hydrogen (secondary N) is 3. The zero-order valence-electron chi connectivity index (χ0n) is 20.0. The van der Waals surface area contributed by atoms with E-state index < -0.39 is 72.6 Å². The quantitative estimate of drug-likeness (QED) is 0.0985. The summed E-state index contributed by atoms with van der Waals surface area (Å²) in [7, 11) is 0. The van der Waals surface area contributed by atoms with Gasteiger partial charge in [-0.3, -0.25) is 24.0 Å². The van der Waals surface area contributed by atoms with Gasteiger partial charge in [0.1, 0.15) is 18.1 Å². The van der Waals surface area contributed by atoms with E-state index >= 15 is 0 Å². The largest absolute Gasteiger partial charge is 0.481 e. The molecule has 0 aromatic heterocycles. The Morgan fingerprint density at radius 3 is 1.80 bits per heavy atom. The van der Waals surface area contributed by atoms with E-state index in [0.29, 0.717) is 25.8 Å². The summed E-state index contributed by atoms with van der Waals surface area (Å²) in [4.78, 5) is 71.4. The van der Waals surface area contributed by atoms with E-state index in [1.165, 1.54) is 0 Å². The Labute approximate surface area is 203 Å². The van der Waals surface area contributed by atoms with E-state index in [9.17, 15) is 39.0 Å². The summed E-state index contributed by atoms with van der Waals surface area (Å²) in [5.41, 5.74) is 11.3. The average Bonchev–Trinajstić information content (AvgIpc) is 2.78. The molecular weight excluding hydrogens is 466 g/mol. The van der Waals surface area contributed by atoms with Gasteiger partial charge in [-0.05, 0) is 38.1 Å². The number of nitrogens with two attached hydrogens (primary N) is 2. The predicted octanol–water partition coefficient (Wildman–Crippen LogP) is -1.63. The normalized spacial score (nSPS) is 15.1. The number of hydrogen-bond donors (Lipinski definition) is 8. The summed E-state index contributed by atoms with van der Waals surface area (Å²) in [6, 6.07) is -5.33. The van der Waals surface area contributed by atoms with E-state index in [1.54, 1.807) is 6.92 Å². The molecule has 3 amide bonds. The Kier molecular flexibility index (Phi) is 14.9. The van der Waals surface area contributed by atoms with Crippen LogP contribution in [0.25, 0.3) is 0 Å². The fraction of sp³-hybridized carbons (Fsp3) is 0.714. The molecule has 5 unspecified atom stereocenters. The molecule has 0 heterocycles. The van der Waals surface area contributed by atoms with Crippen LogP contribution in [0.4, 0.5) is 0 Å². The third-order valence-electron chi connectivity index (χ3n) is 5.41. The Morgan fingerprint density at radius 1 is 0.771 bits per heavy atom. The molecule has 14 nitrogen and oxygen atoms in total. The van der Waals surface area contributed by atoms with Gasteiger partial charge >= 0.3 is 17.9 Å². The second kappa shape index (κ2) is 16.4. The van der Waals surface area contributed by atoms with Crippen LogP contribution in [0.15, 0.2) is 0 Å². The van der Waals surface area contributed by atoms with Crippen molar-refractivity contribution in [3.63, 3.8) is 0 Å². The number of rotatable bonds is 18. The van der Waals surface area contributed by atoms with E-state index in [4.69, 9.17) is 16.6 Å². The minimum atomic E-state index is -1.54. The molecule has 0 saturated heterocycles. The Bertz CT molecular complexity index is 761. The van der Waals surface area contributed by atoms with Crippen molar-refractivity contribution in [2.24, 2.45) is 17.4 Å². The highest BCUT2D eigenvalue weighted by atomic mass is 16.4. The smallest absolute Gasteiger partial charge is 0.326 e. The van der Waals surface area contributed by atoms with E-state index in [2.05, 4.69) is 16.0 Å². The van der Waals surface area contributed by atoms with Gasteiger partial charge in [0.15, 0.2) is 0 Å². The van der Waals surface area contributed by atoms with Crippen molar-refractivity contribution in [3.05, 3.63) is 0 Å². The number of carboxylic acid groups (broad SMARTS) is 3. The highest BCUT2D eigenvalue weighted by Crippen LogP contribution is 2.08. The predicted molar refractivity (Wildman–Crippen MR) is 123 cm³/mol. The lowest BCUT2D eigenvalue weighted by molar-refractivity contribution is -0.144. The summed E-state index contributed by atoms with van der Waals surface area (Å²) in [5, 5.41) is 34.1. The second-order valence-electron chi connectivity index (χ2n) is 8.25. The average molecular weight is 504 g/mol. The maximum atomic E-state index is 12.8. The standard InChI is InChI=1S/C21H37N5O9/c1-3-11(2)17(23)20(33)26-14(10-16(29)30)19(32)24-12(6-4-5-9-22)18(31)25-13(21(34)35)7-8-15(27)28/h11-14,17H,3-10,22-23H2,1-2H3,(H,24,32)(H,25,31)(H,26,33)(H,27,28)(H,29,30)(H,34,35). The number of carbonyl (C=O) groups is 6. The maximum absolute atomic E-state index is 12.8. The van der Waals surface area contributed by atoms with E-state index in [1.807, 2.05) is 6.92 Å². The van der Waals surface area contributed by atoms with Gasteiger partial charge < -0.3 is 42.7 Å². The van der Waals surface area contributed by atoms with Crippen molar-refractivity contribution < 1.29 is 44.1 Å². The van der Waals surface area contributed by atoms with Crippen LogP contribution in [0.3, 0.4) is 0 Å². The van der Waals surface area contributed by atoms with Gasteiger partial charge in [0.25, 0.3) is 0 Å². The molecule has 0 spiro atoms. The fourth-order valence-corrected chi connectivity index (χ4v) is 3.00. The Balaban J connectivity index is 5.58. The summed E-state index contributed by atoms with van der Waals surface area (Å²) in [6.07, 6.45) is -0.203. The number of hydrogen-bond acceptors (Lipinski definition) is 8. The fourth-order valence-electron chi connectivity index (χ4n) is 3.00. The first-order valence-corrected chi connectivity index (χ1v) is 11.4. The molecule has 0 radical (unpaired) electrons. The number of aliphatic carboxylic acids is 3. The first-order valence-electron chi connectivity index (χ1n) is 11.4. The van der Waals surface area contributed by atoms with Crippen molar-refractivity contribution in [1.29, 1.82) is 0 Å². The molecule has 0 rings (SSSR count). The summed E-state index contributed by atoms with van der Waals surface area (Å²) >= 11 is 0. The summed E-state index contributed by atoms with van der Waals surface area (Å²) in [6.45, 7) is 3.83. The first kappa shape index (κ1) is 31.7. The zero-order valence-corrected chi connectivity index (χ0v) is 20.0. The maximum Gasteiger partial charge on any atom is 0.326 e. The minimum absolute atomic E-state index is 0.0418. The molecule has 0 aliphatic carbocycles. The van der Waals surface area contributed by atoms with Crippen molar-refractivity contribution in [1.82, 2.24) is 16.0 Å². The molecule has 0 aromatic rings. The molecule has 0 bridgehead atoms. The van der Waals surface area contributed by atoms with Crippen LogP contribution >= 0.6 is 0 Å². The number of amides is 3. The second-order valence-corrected chi connectivity index (χ2v) is 8.25. The van der Waals surface area contributed by atoms with Crippen LogP contribution in [0, 0.1) is 5.92 Å². The highest BCUT2D eigenvalue weighted by Gasteiger charge is 2.32.